The number of rotatable bonds is 6. The molecule has 1 saturated heterocycles. The van der Waals surface area contributed by atoms with Gasteiger partial charge in [-0.3, -0.25) is 4.79 Å². The van der Waals surface area contributed by atoms with Crippen LogP contribution in [0.25, 0.3) is 0 Å². The summed E-state index contributed by atoms with van der Waals surface area (Å²) in [6, 6.07) is 0. The maximum atomic E-state index is 11.6. The van der Waals surface area contributed by atoms with Crippen molar-refractivity contribution in [3.05, 3.63) is 0 Å². The normalized spacial score (nSPS) is 26.5. The van der Waals surface area contributed by atoms with Crippen LogP contribution in [0, 0.1) is 5.92 Å². The third kappa shape index (κ3) is 3.60. The van der Waals surface area contributed by atoms with E-state index in [2.05, 4.69) is 0 Å². The number of Topliss-reactive ketones (excluding diaryl/α,β-unsaturated/α-hetero) is 1. The second-order valence-electron chi connectivity index (χ2n) is 5.07. The molecule has 2 fully saturated rings. The molecule has 1 unspecified atom stereocenters. The van der Waals surface area contributed by atoms with Gasteiger partial charge >= 0.3 is 0 Å². The van der Waals surface area contributed by atoms with Crippen molar-refractivity contribution in [1.82, 2.24) is 0 Å². The maximum Gasteiger partial charge on any atom is 0.133 e. The van der Waals surface area contributed by atoms with Gasteiger partial charge in [-0.25, -0.2) is 0 Å². The van der Waals surface area contributed by atoms with Crippen molar-refractivity contribution in [2.75, 3.05) is 6.61 Å². The molecule has 0 spiro atoms. The molecule has 2 heteroatoms. The van der Waals surface area contributed by atoms with Crippen molar-refractivity contribution in [3.63, 3.8) is 0 Å². The molecular formula is C13H22O2. The van der Waals surface area contributed by atoms with Crippen LogP contribution in [0.4, 0.5) is 0 Å². The lowest BCUT2D eigenvalue weighted by Gasteiger charge is -2.24. The van der Waals surface area contributed by atoms with Crippen LogP contribution in [0.5, 0.6) is 0 Å². The highest BCUT2D eigenvalue weighted by molar-refractivity contribution is 5.78. The summed E-state index contributed by atoms with van der Waals surface area (Å²) in [5.41, 5.74) is 0. The second kappa shape index (κ2) is 5.64. The largest absolute Gasteiger partial charge is 0.378 e. The first-order valence-corrected chi connectivity index (χ1v) is 6.48. The van der Waals surface area contributed by atoms with Crippen molar-refractivity contribution in [1.29, 1.82) is 0 Å². The quantitative estimate of drug-likeness (QED) is 0.673. The van der Waals surface area contributed by atoms with Crippen LogP contribution < -0.4 is 0 Å². The topological polar surface area (TPSA) is 26.3 Å². The average molecular weight is 210 g/mol. The van der Waals surface area contributed by atoms with Gasteiger partial charge in [0, 0.05) is 19.4 Å². The van der Waals surface area contributed by atoms with E-state index < -0.39 is 0 Å². The van der Waals surface area contributed by atoms with E-state index in [0.29, 0.717) is 11.9 Å². The van der Waals surface area contributed by atoms with E-state index in [-0.39, 0.29) is 0 Å². The van der Waals surface area contributed by atoms with Gasteiger partial charge in [-0.2, -0.15) is 0 Å². The minimum absolute atomic E-state index is 0.460. The first-order chi connectivity index (χ1) is 7.34. The number of ether oxygens (including phenoxy) is 1. The first kappa shape index (κ1) is 11.1. The molecule has 0 aromatic carbocycles. The molecule has 0 aromatic heterocycles. The summed E-state index contributed by atoms with van der Waals surface area (Å²) in [6.45, 7) is 0.931. The molecular weight excluding hydrogens is 188 g/mol. The van der Waals surface area contributed by atoms with Gasteiger partial charge in [-0.15, -0.1) is 0 Å². The number of carbonyl (C=O) groups excluding carboxylic acids is 1. The fourth-order valence-corrected chi connectivity index (χ4v) is 2.52. The van der Waals surface area contributed by atoms with Crippen molar-refractivity contribution >= 4 is 5.78 Å². The number of hydrogen-bond acceptors (Lipinski definition) is 2. The molecule has 0 bridgehead atoms. The summed E-state index contributed by atoms with van der Waals surface area (Å²) in [4.78, 5) is 11.6. The third-order valence-electron chi connectivity index (χ3n) is 3.75. The summed E-state index contributed by atoms with van der Waals surface area (Å²) in [7, 11) is 0. The Morgan fingerprint density at radius 2 is 2.07 bits per heavy atom. The molecule has 0 N–H and O–H groups in total. The fraction of sp³-hybridized carbons (Fsp3) is 0.923. The van der Waals surface area contributed by atoms with E-state index in [1.165, 1.54) is 32.1 Å². The van der Waals surface area contributed by atoms with Crippen molar-refractivity contribution in [2.24, 2.45) is 5.92 Å². The van der Waals surface area contributed by atoms with Gasteiger partial charge in [0.1, 0.15) is 5.78 Å². The Morgan fingerprint density at radius 3 is 2.67 bits per heavy atom. The van der Waals surface area contributed by atoms with Crippen LogP contribution in [0.3, 0.4) is 0 Å². The lowest BCUT2D eigenvalue weighted by Crippen LogP contribution is -2.16. The Morgan fingerprint density at radius 1 is 1.20 bits per heavy atom. The monoisotopic (exact) mass is 210 g/mol. The summed E-state index contributed by atoms with van der Waals surface area (Å²) >= 11 is 0. The second-order valence-corrected chi connectivity index (χ2v) is 5.07. The van der Waals surface area contributed by atoms with Gasteiger partial charge in [0.25, 0.3) is 0 Å². The van der Waals surface area contributed by atoms with Crippen LogP contribution in [-0.4, -0.2) is 18.5 Å². The minimum atomic E-state index is 0.460. The lowest BCUT2D eigenvalue weighted by molar-refractivity contribution is -0.120. The molecule has 2 nitrogen and oxygen atoms in total. The standard InChI is InChI=1S/C13H22O2/c14-12(10-11-4-1-5-11)6-2-7-13-8-3-9-15-13/h11,13H,1-10H2. The number of carbonyl (C=O) groups is 1. The van der Waals surface area contributed by atoms with Gasteiger partial charge in [0.05, 0.1) is 6.10 Å². The van der Waals surface area contributed by atoms with E-state index in [1.807, 2.05) is 0 Å². The summed E-state index contributed by atoms with van der Waals surface area (Å²) in [5, 5.41) is 0. The molecule has 1 saturated carbocycles. The Bertz CT molecular complexity index is 203. The molecule has 1 aliphatic heterocycles. The van der Waals surface area contributed by atoms with Crippen molar-refractivity contribution < 1.29 is 9.53 Å². The third-order valence-corrected chi connectivity index (χ3v) is 3.75. The van der Waals surface area contributed by atoms with E-state index in [4.69, 9.17) is 4.74 Å². The molecule has 1 atom stereocenters. The summed E-state index contributed by atoms with van der Waals surface area (Å²) in [6.07, 6.45) is 10.6. The van der Waals surface area contributed by atoms with E-state index in [1.54, 1.807) is 0 Å². The van der Waals surface area contributed by atoms with Crippen LogP contribution in [0.15, 0.2) is 0 Å². The van der Waals surface area contributed by atoms with Crippen LogP contribution in [-0.2, 0) is 9.53 Å². The van der Waals surface area contributed by atoms with Gasteiger partial charge < -0.3 is 4.74 Å². The summed E-state index contributed by atoms with van der Waals surface area (Å²) < 4.78 is 5.54. The zero-order valence-electron chi connectivity index (χ0n) is 9.54. The SMILES string of the molecule is O=C(CCCC1CCCO1)CC1CCC1. The zero-order valence-corrected chi connectivity index (χ0v) is 9.54. The molecule has 86 valence electrons. The highest BCUT2D eigenvalue weighted by atomic mass is 16.5. The lowest BCUT2D eigenvalue weighted by atomic mass is 9.81. The Kier molecular flexibility index (Phi) is 4.18. The first-order valence-electron chi connectivity index (χ1n) is 6.48. The predicted octanol–water partition coefficient (Wildman–Crippen LogP) is 3.10. The Hall–Kier alpha value is -0.370. The van der Waals surface area contributed by atoms with Crippen LogP contribution in [0.2, 0.25) is 0 Å². The molecule has 0 radical (unpaired) electrons. The van der Waals surface area contributed by atoms with Crippen LogP contribution in [0.1, 0.15) is 57.8 Å². The predicted molar refractivity (Wildman–Crippen MR) is 59.8 cm³/mol. The van der Waals surface area contributed by atoms with Gasteiger partial charge in [-0.1, -0.05) is 19.3 Å². The molecule has 0 amide bonds. The van der Waals surface area contributed by atoms with Crippen molar-refractivity contribution in [3.8, 4) is 0 Å². The fourth-order valence-electron chi connectivity index (χ4n) is 2.52. The average Bonchev–Trinajstić information content (AvgIpc) is 2.64. The van der Waals surface area contributed by atoms with Gasteiger partial charge in [0.15, 0.2) is 0 Å². The number of hydrogen-bond donors (Lipinski definition) is 0. The molecule has 0 aromatic rings. The molecule has 1 heterocycles. The van der Waals surface area contributed by atoms with E-state index >= 15 is 0 Å². The smallest absolute Gasteiger partial charge is 0.133 e. The molecule has 1 aliphatic carbocycles. The van der Waals surface area contributed by atoms with Gasteiger partial charge in [0.2, 0.25) is 0 Å². The van der Waals surface area contributed by atoms with Gasteiger partial charge in [-0.05, 0) is 31.6 Å². The molecule has 15 heavy (non-hydrogen) atoms. The minimum Gasteiger partial charge on any atom is -0.378 e. The maximum absolute atomic E-state index is 11.6. The highest BCUT2D eigenvalue weighted by Gasteiger charge is 2.21. The summed E-state index contributed by atoms with van der Waals surface area (Å²) in [5.74, 6) is 1.22. The highest BCUT2D eigenvalue weighted by Crippen LogP contribution is 2.30. The Balaban J connectivity index is 1.50. The molecule has 2 aliphatic rings. The van der Waals surface area contributed by atoms with Crippen molar-refractivity contribution in [2.45, 2.75) is 63.9 Å². The zero-order chi connectivity index (χ0) is 10.5. The number of ketones is 1. The van der Waals surface area contributed by atoms with E-state index in [0.717, 1.165) is 38.2 Å². The Labute approximate surface area is 92.4 Å². The van der Waals surface area contributed by atoms with Crippen LogP contribution >= 0.6 is 0 Å². The molecule has 2 rings (SSSR count). The van der Waals surface area contributed by atoms with E-state index in [9.17, 15) is 4.79 Å².